The van der Waals surface area contributed by atoms with Crippen LogP contribution in [0.25, 0.3) is 11.2 Å². The Hall–Kier alpha value is -1.40. The number of hydrogen-bond acceptors (Lipinski definition) is 5. The van der Waals surface area contributed by atoms with Gasteiger partial charge in [0.05, 0.1) is 7.11 Å². The van der Waals surface area contributed by atoms with Crippen LogP contribution in [-0.2, 0) is 17.7 Å². The molecule has 0 fully saturated rings. The molecule has 0 aliphatic carbocycles. The highest BCUT2D eigenvalue weighted by atomic mass is 35.5. The number of alkyl halides is 1. The third kappa shape index (κ3) is 3.83. The van der Waals surface area contributed by atoms with Crippen molar-refractivity contribution in [3.63, 3.8) is 0 Å². The molecule has 2 aromatic rings. The van der Waals surface area contributed by atoms with Crippen molar-refractivity contribution in [1.29, 1.82) is 0 Å². The Kier molecular flexibility index (Phi) is 6.20. The van der Waals surface area contributed by atoms with E-state index in [0.29, 0.717) is 23.7 Å². The van der Waals surface area contributed by atoms with Crippen LogP contribution in [0.4, 0.5) is 0 Å². The van der Waals surface area contributed by atoms with E-state index in [0.717, 1.165) is 44.1 Å². The van der Waals surface area contributed by atoms with Gasteiger partial charge in [-0.1, -0.05) is 6.92 Å². The summed E-state index contributed by atoms with van der Waals surface area (Å²) in [5, 5.41) is 0. The maximum atomic E-state index is 5.87. The van der Waals surface area contributed by atoms with Gasteiger partial charge >= 0.3 is 0 Å². The molecule has 0 unspecified atom stereocenters. The Morgan fingerprint density at radius 2 is 2.14 bits per heavy atom. The average Bonchev–Trinajstić information content (AvgIpc) is 2.85. The van der Waals surface area contributed by atoms with Crippen LogP contribution in [0.1, 0.15) is 25.6 Å². The van der Waals surface area contributed by atoms with Crippen molar-refractivity contribution in [1.82, 2.24) is 19.5 Å². The number of rotatable bonds is 9. The predicted molar refractivity (Wildman–Crippen MR) is 82.0 cm³/mol. The molecule has 6 nitrogen and oxygen atoms in total. The summed E-state index contributed by atoms with van der Waals surface area (Å²) in [6.07, 6.45) is 4.14. The highest BCUT2D eigenvalue weighted by Crippen LogP contribution is 2.22. The molecule has 0 N–H and O–H groups in total. The molecule has 0 aliphatic heterocycles. The van der Waals surface area contributed by atoms with E-state index in [9.17, 15) is 0 Å². The molecule has 0 amide bonds. The van der Waals surface area contributed by atoms with Gasteiger partial charge in [-0.25, -0.2) is 9.97 Å². The molecule has 7 heteroatoms. The lowest BCUT2D eigenvalue weighted by Crippen LogP contribution is -2.08. The number of imidazole rings is 1. The molecule has 2 heterocycles. The third-order valence-corrected chi connectivity index (χ3v) is 3.30. The quantitative estimate of drug-likeness (QED) is 0.525. The summed E-state index contributed by atoms with van der Waals surface area (Å²) in [5.41, 5.74) is 1.48. The second-order valence-corrected chi connectivity index (χ2v) is 5.02. The van der Waals surface area contributed by atoms with Gasteiger partial charge in [0, 0.05) is 32.1 Å². The monoisotopic (exact) mass is 312 g/mol. The van der Waals surface area contributed by atoms with E-state index in [2.05, 4.69) is 26.4 Å². The largest absolute Gasteiger partial charge is 0.479 e. The SMILES string of the molecule is CCCOCCCn1c(CCCl)nc2c(OC)ncnc21. The number of methoxy groups -OCH3 is 1. The van der Waals surface area contributed by atoms with E-state index >= 15 is 0 Å². The Labute approximate surface area is 129 Å². The maximum Gasteiger partial charge on any atom is 0.245 e. The van der Waals surface area contributed by atoms with E-state index in [1.807, 2.05) is 0 Å². The van der Waals surface area contributed by atoms with Gasteiger partial charge in [0.2, 0.25) is 5.88 Å². The van der Waals surface area contributed by atoms with E-state index in [4.69, 9.17) is 21.1 Å². The van der Waals surface area contributed by atoms with Crippen molar-refractivity contribution in [2.24, 2.45) is 0 Å². The Morgan fingerprint density at radius 1 is 1.29 bits per heavy atom. The van der Waals surface area contributed by atoms with Gasteiger partial charge < -0.3 is 14.0 Å². The summed E-state index contributed by atoms with van der Waals surface area (Å²) in [6, 6.07) is 0. The zero-order valence-electron chi connectivity index (χ0n) is 12.5. The Bertz CT molecular complexity index is 573. The summed E-state index contributed by atoms with van der Waals surface area (Å²) in [6.45, 7) is 4.43. The minimum atomic E-state index is 0.497. The number of aryl methyl sites for hydroxylation is 2. The summed E-state index contributed by atoms with van der Waals surface area (Å²) in [4.78, 5) is 13.0. The average molecular weight is 313 g/mol. The van der Waals surface area contributed by atoms with Crippen LogP contribution in [-0.4, -0.2) is 45.7 Å². The summed E-state index contributed by atoms with van der Waals surface area (Å²) in [5.74, 6) is 1.93. The molecule has 21 heavy (non-hydrogen) atoms. The lowest BCUT2D eigenvalue weighted by Gasteiger charge is -2.08. The topological polar surface area (TPSA) is 62.1 Å². The number of fused-ring (bicyclic) bond motifs is 1. The van der Waals surface area contributed by atoms with E-state index in [1.165, 1.54) is 6.33 Å². The molecule has 0 bridgehead atoms. The highest BCUT2D eigenvalue weighted by molar-refractivity contribution is 6.17. The van der Waals surface area contributed by atoms with Crippen molar-refractivity contribution in [2.45, 2.75) is 32.7 Å². The van der Waals surface area contributed by atoms with Gasteiger partial charge in [0.25, 0.3) is 0 Å². The standard InChI is InChI=1S/C14H21ClN4O2/c1-3-8-21-9-4-7-19-11(5-6-15)18-12-13(19)16-10-17-14(12)20-2/h10H,3-9H2,1-2H3. The molecule has 0 aromatic carbocycles. The van der Waals surface area contributed by atoms with Crippen LogP contribution < -0.4 is 4.74 Å². The van der Waals surface area contributed by atoms with E-state index in [1.54, 1.807) is 7.11 Å². The summed E-state index contributed by atoms with van der Waals surface area (Å²) in [7, 11) is 1.58. The van der Waals surface area contributed by atoms with Gasteiger partial charge in [-0.3, -0.25) is 0 Å². The number of halogens is 1. The molecule has 2 rings (SSSR count). The van der Waals surface area contributed by atoms with E-state index in [-0.39, 0.29) is 0 Å². The number of hydrogen-bond donors (Lipinski definition) is 0. The van der Waals surface area contributed by atoms with Crippen LogP contribution in [0, 0.1) is 0 Å². The Balaban J connectivity index is 2.20. The maximum absolute atomic E-state index is 5.87. The van der Waals surface area contributed by atoms with Crippen molar-refractivity contribution in [2.75, 3.05) is 26.2 Å². The first-order valence-electron chi connectivity index (χ1n) is 7.19. The molecular formula is C14H21ClN4O2. The number of nitrogens with zero attached hydrogens (tertiary/aromatic N) is 4. The fraction of sp³-hybridized carbons (Fsp3) is 0.643. The van der Waals surface area contributed by atoms with Crippen LogP contribution in [0.5, 0.6) is 5.88 Å². The second-order valence-electron chi connectivity index (χ2n) is 4.64. The molecule has 0 saturated carbocycles. The molecule has 2 aromatic heterocycles. The number of aromatic nitrogens is 4. The molecule has 0 atom stereocenters. The minimum Gasteiger partial charge on any atom is -0.479 e. The second kappa shape index (κ2) is 8.14. The highest BCUT2D eigenvalue weighted by Gasteiger charge is 2.15. The van der Waals surface area contributed by atoms with Crippen molar-refractivity contribution < 1.29 is 9.47 Å². The first kappa shape index (κ1) is 16.0. The fourth-order valence-corrected chi connectivity index (χ4v) is 2.36. The van der Waals surface area contributed by atoms with E-state index < -0.39 is 0 Å². The predicted octanol–water partition coefficient (Wildman–Crippen LogP) is 2.43. The first-order valence-corrected chi connectivity index (χ1v) is 7.73. The van der Waals surface area contributed by atoms with Crippen LogP contribution in [0.15, 0.2) is 6.33 Å². The van der Waals surface area contributed by atoms with Gasteiger partial charge in [-0.2, -0.15) is 4.98 Å². The first-order chi connectivity index (χ1) is 10.3. The zero-order valence-corrected chi connectivity index (χ0v) is 13.3. The molecule has 116 valence electrons. The van der Waals surface area contributed by atoms with Crippen molar-refractivity contribution >= 4 is 22.8 Å². The summed E-state index contributed by atoms with van der Waals surface area (Å²) >= 11 is 5.87. The van der Waals surface area contributed by atoms with Crippen LogP contribution in [0.3, 0.4) is 0 Å². The normalized spacial score (nSPS) is 11.2. The zero-order chi connectivity index (χ0) is 15.1. The van der Waals surface area contributed by atoms with Gasteiger partial charge in [0.1, 0.15) is 12.2 Å². The fourth-order valence-electron chi connectivity index (χ4n) is 2.19. The van der Waals surface area contributed by atoms with Gasteiger partial charge in [-0.15, -0.1) is 11.6 Å². The lowest BCUT2D eigenvalue weighted by molar-refractivity contribution is 0.129. The minimum absolute atomic E-state index is 0.497. The molecule has 0 saturated heterocycles. The van der Waals surface area contributed by atoms with Crippen LogP contribution in [0.2, 0.25) is 0 Å². The smallest absolute Gasteiger partial charge is 0.245 e. The molecule has 0 aliphatic rings. The van der Waals surface area contributed by atoms with Crippen LogP contribution >= 0.6 is 11.6 Å². The Morgan fingerprint density at radius 3 is 2.86 bits per heavy atom. The lowest BCUT2D eigenvalue weighted by atomic mass is 10.4. The molecule has 0 radical (unpaired) electrons. The van der Waals surface area contributed by atoms with Gasteiger partial charge in [-0.05, 0) is 12.8 Å². The molecule has 0 spiro atoms. The number of ether oxygens (including phenoxy) is 2. The third-order valence-electron chi connectivity index (χ3n) is 3.11. The molecular weight excluding hydrogens is 292 g/mol. The summed E-state index contributed by atoms with van der Waals surface area (Å²) < 4.78 is 12.8. The van der Waals surface area contributed by atoms with Gasteiger partial charge in [0.15, 0.2) is 11.2 Å². The van der Waals surface area contributed by atoms with Crippen molar-refractivity contribution in [3.05, 3.63) is 12.2 Å². The van der Waals surface area contributed by atoms with Crippen molar-refractivity contribution in [3.8, 4) is 5.88 Å².